The highest BCUT2D eigenvalue weighted by Gasteiger charge is 2.14. The molecule has 0 saturated heterocycles. The van der Waals surface area contributed by atoms with Crippen molar-refractivity contribution in [2.24, 2.45) is 0 Å². The lowest BCUT2D eigenvalue weighted by Gasteiger charge is -2.22. The van der Waals surface area contributed by atoms with Crippen molar-refractivity contribution in [1.82, 2.24) is 4.98 Å². The van der Waals surface area contributed by atoms with Gasteiger partial charge in [0.2, 0.25) is 0 Å². The first kappa shape index (κ1) is 23.3. The quantitative estimate of drug-likeness (QED) is 0.484. The fourth-order valence-electron chi connectivity index (χ4n) is 3.44. The number of benzene rings is 2. The van der Waals surface area contributed by atoms with Gasteiger partial charge in [-0.05, 0) is 81.3 Å². The van der Waals surface area contributed by atoms with E-state index in [1.54, 1.807) is 18.2 Å². The molecule has 0 aliphatic rings. The Balaban J connectivity index is 1.77. The number of nitrogens with one attached hydrogen (secondary N) is 2. The van der Waals surface area contributed by atoms with Gasteiger partial charge < -0.3 is 15.5 Å². The fraction of sp³-hybridized carbons (Fsp3) is 0.240. The Labute approximate surface area is 193 Å². The summed E-state index contributed by atoms with van der Waals surface area (Å²) in [6, 6.07) is 14.3. The number of nitrogens with zero attached hydrogens (tertiary/aromatic N) is 2. The van der Waals surface area contributed by atoms with Gasteiger partial charge in [-0.3, -0.25) is 14.6 Å². The van der Waals surface area contributed by atoms with Gasteiger partial charge in [0, 0.05) is 46.9 Å². The van der Waals surface area contributed by atoms with Crippen molar-refractivity contribution >= 4 is 40.5 Å². The van der Waals surface area contributed by atoms with E-state index in [1.807, 2.05) is 38.1 Å². The van der Waals surface area contributed by atoms with Crippen LogP contribution >= 0.6 is 11.6 Å². The fourth-order valence-corrected chi connectivity index (χ4v) is 3.60. The minimum Gasteiger partial charge on any atom is -0.372 e. The van der Waals surface area contributed by atoms with Crippen LogP contribution in [-0.2, 0) is 0 Å². The van der Waals surface area contributed by atoms with Crippen molar-refractivity contribution in [2.45, 2.75) is 27.7 Å². The molecule has 32 heavy (non-hydrogen) atoms. The predicted octanol–water partition coefficient (Wildman–Crippen LogP) is 5.70. The summed E-state index contributed by atoms with van der Waals surface area (Å²) >= 11 is 5.94. The highest BCUT2D eigenvalue weighted by Crippen LogP contribution is 2.24. The van der Waals surface area contributed by atoms with E-state index in [0.717, 1.165) is 29.9 Å². The maximum atomic E-state index is 13.0. The molecule has 166 valence electrons. The van der Waals surface area contributed by atoms with Crippen LogP contribution in [0.4, 0.5) is 17.1 Å². The van der Waals surface area contributed by atoms with Crippen LogP contribution in [-0.4, -0.2) is 29.9 Å². The number of aryl methyl sites for hydroxylation is 2. The molecule has 0 unspecified atom stereocenters. The van der Waals surface area contributed by atoms with Gasteiger partial charge in [-0.15, -0.1) is 0 Å². The van der Waals surface area contributed by atoms with Gasteiger partial charge in [-0.1, -0.05) is 17.7 Å². The number of rotatable bonds is 7. The zero-order valence-electron chi connectivity index (χ0n) is 18.7. The molecule has 1 heterocycles. The predicted molar refractivity (Wildman–Crippen MR) is 131 cm³/mol. The zero-order chi connectivity index (χ0) is 23.3. The van der Waals surface area contributed by atoms with Crippen LogP contribution < -0.4 is 15.5 Å². The van der Waals surface area contributed by atoms with Crippen LogP contribution in [0.3, 0.4) is 0 Å². The van der Waals surface area contributed by atoms with Crippen molar-refractivity contribution in [3.8, 4) is 0 Å². The van der Waals surface area contributed by atoms with Gasteiger partial charge in [0.1, 0.15) is 5.69 Å². The van der Waals surface area contributed by atoms with Crippen LogP contribution in [0.5, 0.6) is 0 Å². The summed E-state index contributed by atoms with van der Waals surface area (Å²) in [7, 11) is 0. The van der Waals surface area contributed by atoms with Gasteiger partial charge in [0.25, 0.3) is 11.8 Å². The second kappa shape index (κ2) is 10.3. The monoisotopic (exact) mass is 450 g/mol. The molecule has 2 amide bonds. The second-order valence-corrected chi connectivity index (χ2v) is 7.91. The molecule has 1 aromatic heterocycles. The van der Waals surface area contributed by atoms with E-state index < -0.39 is 0 Å². The Morgan fingerprint density at radius 3 is 2.31 bits per heavy atom. The van der Waals surface area contributed by atoms with E-state index >= 15 is 0 Å². The van der Waals surface area contributed by atoms with Crippen molar-refractivity contribution in [3.05, 3.63) is 82.1 Å². The molecule has 0 aliphatic carbocycles. The summed E-state index contributed by atoms with van der Waals surface area (Å²) in [6.07, 6.45) is 1.48. The summed E-state index contributed by atoms with van der Waals surface area (Å²) in [4.78, 5) is 31.7. The topological polar surface area (TPSA) is 74.3 Å². The van der Waals surface area contributed by atoms with Crippen LogP contribution in [0.2, 0.25) is 5.02 Å². The molecule has 2 N–H and O–H groups in total. The third kappa shape index (κ3) is 5.45. The van der Waals surface area contributed by atoms with E-state index in [1.165, 1.54) is 12.3 Å². The van der Waals surface area contributed by atoms with Crippen molar-refractivity contribution in [1.29, 1.82) is 0 Å². The van der Waals surface area contributed by atoms with E-state index in [9.17, 15) is 9.59 Å². The van der Waals surface area contributed by atoms with Crippen molar-refractivity contribution in [2.75, 3.05) is 28.6 Å². The Hall–Kier alpha value is -3.38. The van der Waals surface area contributed by atoms with Gasteiger partial charge in [0.15, 0.2) is 0 Å². The molecule has 3 rings (SSSR count). The molecular weight excluding hydrogens is 424 g/mol. The first-order valence-corrected chi connectivity index (χ1v) is 10.9. The molecule has 0 spiro atoms. The highest BCUT2D eigenvalue weighted by atomic mass is 35.5. The summed E-state index contributed by atoms with van der Waals surface area (Å²) in [5.74, 6) is -0.576. The molecule has 6 nitrogen and oxygen atoms in total. The van der Waals surface area contributed by atoms with E-state index in [4.69, 9.17) is 11.6 Å². The first-order chi connectivity index (χ1) is 15.3. The lowest BCUT2D eigenvalue weighted by Crippen LogP contribution is -2.22. The van der Waals surface area contributed by atoms with Crippen LogP contribution in [0, 0.1) is 13.8 Å². The molecule has 3 aromatic rings. The number of carbonyl (C=O) groups is 2. The van der Waals surface area contributed by atoms with Gasteiger partial charge in [0.05, 0.1) is 0 Å². The highest BCUT2D eigenvalue weighted by molar-refractivity contribution is 6.31. The number of hydrogen-bond donors (Lipinski definition) is 2. The average Bonchev–Trinajstić information content (AvgIpc) is 2.77. The maximum absolute atomic E-state index is 13.0. The van der Waals surface area contributed by atoms with Crippen LogP contribution in [0.1, 0.15) is 45.8 Å². The molecule has 0 saturated carbocycles. The van der Waals surface area contributed by atoms with E-state index in [-0.39, 0.29) is 17.5 Å². The largest absolute Gasteiger partial charge is 0.372 e. The minimum absolute atomic E-state index is 0.198. The molecule has 0 aliphatic heterocycles. The lowest BCUT2D eigenvalue weighted by molar-refractivity contribution is 0.101. The summed E-state index contributed by atoms with van der Waals surface area (Å²) in [5, 5.41) is 6.19. The smallest absolute Gasteiger partial charge is 0.274 e. The number of aromatic nitrogens is 1. The Bertz CT molecular complexity index is 1140. The third-order valence-electron chi connectivity index (χ3n) is 5.28. The Kier molecular flexibility index (Phi) is 7.49. The number of halogens is 1. The van der Waals surface area contributed by atoms with Gasteiger partial charge in [-0.2, -0.15) is 0 Å². The lowest BCUT2D eigenvalue weighted by atomic mass is 10.1. The van der Waals surface area contributed by atoms with Crippen LogP contribution in [0.15, 0.2) is 54.7 Å². The number of hydrogen-bond acceptors (Lipinski definition) is 4. The number of pyridine rings is 1. The van der Waals surface area contributed by atoms with Crippen molar-refractivity contribution < 1.29 is 9.59 Å². The molecule has 2 aromatic carbocycles. The van der Waals surface area contributed by atoms with E-state index in [2.05, 4.69) is 34.4 Å². The second-order valence-electron chi connectivity index (χ2n) is 7.47. The minimum atomic E-state index is -0.378. The van der Waals surface area contributed by atoms with Crippen LogP contribution in [0.25, 0.3) is 0 Å². The molecule has 0 atom stereocenters. The SMILES string of the molecule is CCN(CC)c1ccc(C(=O)Nc2cc(NC(=O)c3cc(Cl)ccn3)ccc2C)c(C)c1. The normalized spacial score (nSPS) is 10.5. The Morgan fingerprint density at radius 2 is 1.66 bits per heavy atom. The van der Waals surface area contributed by atoms with Crippen molar-refractivity contribution in [3.63, 3.8) is 0 Å². The van der Waals surface area contributed by atoms with Gasteiger partial charge in [-0.25, -0.2) is 0 Å². The standard InChI is InChI=1S/C25H27ClN4O2/c1-5-30(6-2)20-9-10-21(17(4)13-20)24(31)29-22-15-19(8-7-16(22)3)28-25(32)23-14-18(26)11-12-27-23/h7-15H,5-6H2,1-4H3,(H,28,32)(H,29,31). The molecule has 0 radical (unpaired) electrons. The summed E-state index contributed by atoms with van der Waals surface area (Å²) < 4.78 is 0. The van der Waals surface area contributed by atoms with Gasteiger partial charge >= 0.3 is 0 Å². The third-order valence-corrected chi connectivity index (χ3v) is 5.52. The summed E-state index contributed by atoms with van der Waals surface area (Å²) in [6.45, 7) is 9.86. The molecule has 7 heteroatoms. The molecule has 0 fully saturated rings. The molecular formula is C25H27ClN4O2. The number of carbonyl (C=O) groups excluding carboxylic acids is 2. The first-order valence-electron chi connectivity index (χ1n) is 10.5. The summed E-state index contributed by atoms with van der Waals surface area (Å²) in [5.41, 5.74) is 4.88. The zero-order valence-corrected chi connectivity index (χ0v) is 19.5. The molecule has 0 bridgehead atoms. The number of anilines is 3. The average molecular weight is 451 g/mol. The Morgan fingerprint density at radius 1 is 0.906 bits per heavy atom. The van der Waals surface area contributed by atoms with E-state index in [0.29, 0.717) is 22.0 Å². The maximum Gasteiger partial charge on any atom is 0.274 e. The number of amides is 2.